The van der Waals surface area contributed by atoms with E-state index in [1.165, 1.54) is 28.9 Å². The predicted octanol–water partition coefficient (Wildman–Crippen LogP) is 4.09. The van der Waals surface area contributed by atoms with Crippen molar-refractivity contribution < 1.29 is 31.1 Å². The first-order chi connectivity index (χ1) is 19.8. The number of carbonyl (C=O) groups is 1. The molecule has 3 aromatic heterocycles. The Kier molecular flexibility index (Phi) is 6.78. The zero-order valence-electron chi connectivity index (χ0n) is 23.3. The Morgan fingerprint density at radius 3 is 2.64 bits per heavy atom. The van der Waals surface area contributed by atoms with Crippen molar-refractivity contribution in [3.63, 3.8) is 0 Å². The molecule has 4 bridgehead atoms. The van der Waals surface area contributed by atoms with Gasteiger partial charge in [0, 0.05) is 37.1 Å². The molecular weight excluding hydrogens is 575 g/mol. The number of aromatic nitrogens is 5. The minimum absolute atomic E-state index is 0.0815. The van der Waals surface area contributed by atoms with Gasteiger partial charge in [0.25, 0.3) is 15.9 Å². The Hall–Kier alpha value is -3.62. The van der Waals surface area contributed by atoms with Crippen LogP contribution in [-0.2, 0) is 16.6 Å². The Labute approximate surface area is 241 Å². The van der Waals surface area contributed by atoms with Gasteiger partial charge in [0.15, 0.2) is 10.8 Å². The summed E-state index contributed by atoms with van der Waals surface area (Å²) in [5.74, 6) is 0.290. The molecule has 1 saturated carbocycles. The zero-order chi connectivity index (χ0) is 29.9. The lowest BCUT2D eigenvalue weighted by atomic mass is 9.93. The van der Waals surface area contributed by atoms with Gasteiger partial charge in [0.05, 0.1) is 17.6 Å². The molecule has 0 spiro atoms. The average Bonchev–Trinajstić information content (AvgIpc) is 3.22. The molecule has 0 aromatic carbocycles. The first-order valence-electron chi connectivity index (χ1n) is 13.9. The molecular formula is C27H32F3N7O4S. The van der Waals surface area contributed by atoms with Crippen molar-refractivity contribution in [1.82, 2.24) is 29.3 Å². The fraction of sp³-hybridized carbons (Fsp3) is 0.556. The normalized spacial score (nSPS) is 22.6. The van der Waals surface area contributed by atoms with E-state index >= 15 is 0 Å². The number of nitrogens with zero attached hydrogens (tertiary/aromatic N) is 6. The number of hydrogen-bond donors (Lipinski definition) is 1. The van der Waals surface area contributed by atoms with Crippen LogP contribution in [0.3, 0.4) is 0 Å². The molecule has 1 atom stereocenters. The second-order valence-corrected chi connectivity index (χ2v) is 13.6. The number of halogens is 3. The Morgan fingerprint density at radius 2 is 1.90 bits per heavy atom. The Balaban J connectivity index is 1.29. The molecule has 1 N–H and O–H groups in total. The summed E-state index contributed by atoms with van der Waals surface area (Å²) in [7, 11) is -4.23. The van der Waals surface area contributed by atoms with Gasteiger partial charge >= 0.3 is 6.18 Å². The number of fused-ring (bicyclic) bond motifs is 6. The van der Waals surface area contributed by atoms with E-state index in [0.29, 0.717) is 30.6 Å². The van der Waals surface area contributed by atoms with Gasteiger partial charge in [-0.3, -0.25) is 9.48 Å². The maximum absolute atomic E-state index is 13.4. The van der Waals surface area contributed by atoms with Gasteiger partial charge in [0.2, 0.25) is 5.88 Å². The third kappa shape index (κ3) is 5.34. The molecule has 1 aliphatic carbocycles. The fourth-order valence-electron chi connectivity index (χ4n) is 5.97. The highest BCUT2D eigenvalue weighted by Gasteiger charge is 2.62. The SMILES string of the molecule is CC1(C)CC2CCCn3ccc(n3)S(=O)(=O)NC(=O)c3ccc(-n4ccc(OCCC5(C(F)(F)F)CC5)n4)nc3N1C2. The molecule has 1 unspecified atom stereocenters. The molecule has 3 aliphatic rings. The van der Waals surface area contributed by atoms with Gasteiger partial charge in [-0.05, 0) is 76.5 Å². The maximum Gasteiger partial charge on any atom is 0.394 e. The van der Waals surface area contributed by atoms with Gasteiger partial charge in [0.1, 0.15) is 5.82 Å². The van der Waals surface area contributed by atoms with E-state index in [-0.39, 0.29) is 47.9 Å². The molecule has 0 radical (unpaired) electrons. The van der Waals surface area contributed by atoms with Crippen LogP contribution >= 0.6 is 0 Å². The molecule has 6 rings (SSSR count). The summed E-state index contributed by atoms with van der Waals surface area (Å²) in [4.78, 5) is 20.2. The number of alkyl halides is 3. The third-order valence-electron chi connectivity index (χ3n) is 8.52. The van der Waals surface area contributed by atoms with Crippen molar-refractivity contribution in [3.8, 4) is 11.7 Å². The summed E-state index contributed by atoms with van der Waals surface area (Å²) in [5, 5.41) is 8.23. The molecule has 42 heavy (non-hydrogen) atoms. The van der Waals surface area contributed by atoms with Gasteiger partial charge in [-0.1, -0.05) is 0 Å². The van der Waals surface area contributed by atoms with E-state index in [1.807, 2.05) is 4.90 Å². The van der Waals surface area contributed by atoms with Gasteiger partial charge < -0.3 is 9.64 Å². The van der Waals surface area contributed by atoms with Crippen LogP contribution in [0.4, 0.5) is 19.0 Å². The monoisotopic (exact) mass is 607 g/mol. The van der Waals surface area contributed by atoms with Crippen molar-refractivity contribution in [2.75, 3.05) is 18.1 Å². The second kappa shape index (κ2) is 9.99. The minimum Gasteiger partial charge on any atom is -0.477 e. The van der Waals surface area contributed by atoms with Gasteiger partial charge in [-0.25, -0.2) is 14.4 Å². The number of ether oxygens (including phenoxy) is 1. The third-order valence-corrected chi connectivity index (χ3v) is 9.75. The van der Waals surface area contributed by atoms with Gasteiger partial charge in [-0.2, -0.15) is 26.7 Å². The first kappa shape index (κ1) is 28.5. The highest BCUT2D eigenvalue weighted by atomic mass is 32.2. The second-order valence-electron chi connectivity index (χ2n) is 12.0. The van der Waals surface area contributed by atoms with E-state index in [1.54, 1.807) is 17.1 Å². The number of anilines is 1. The van der Waals surface area contributed by atoms with E-state index in [9.17, 15) is 26.4 Å². The number of hydrogen-bond acceptors (Lipinski definition) is 8. The van der Waals surface area contributed by atoms with Crippen LogP contribution < -0.4 is 14.4 Å². The molecule has 11 nitrogen and oxygen atoms in total. The summed E-state index contributed by atoms with van der Waals surface area (Å²) < 4.78 is 76.3. The lowest BCUT2D eigenvalue weighted by molar-refractivity contribution is -0.190. The first-order valence-corrected chi connectivity index (χ1v) is 15.4. The van der Waals surface area contributed by atoms with Crippen molar-refractivity contribution in [3.05, 3.63) is 42.2 Å². The summed E-state index contributed by atoms with van der Waals surface area (Å²) >= 11 is 0. The van der Waals surface area contributed by atoms with Crippen LogP contribution in [0.1, 0.15) is 62.7 Å². The fourth-order valence-corrected chi connectivity index (χ4v) is 6.88. The number of sulfonamides is 1. The number of amides is 1. The number of aryl methyl sites for hydroxylation is 1. The predicted molar refractivity (Wildman–Crippen MR) is 145 cm³/mol. The molecule has 3 aromatic rings. The van der Waals surface area contributed by atoms with Crippen molar-refractivity contribution >= 4 is 21.7 Å². The summed E-state index contributed by atoms with van der Waals surface area (Å²) in [6.45, 7) is 5.18. The number of nitrogens with one attached hydrogen (secondary N) is 1. The van der Waals surface area contributed by atoms with Crippen LogP contribution in [0.2, 0.25) is 0 Å². The highest BCUT2D eigenvalue weighted by Crippen LogP contribution is 2.59. The topological polar surface area (TPSA) is 124 Å². The lowest BCUT2D eigenvalue weighted by Gasteiger charge is -2.34. The Morgan fingerprint density at radius 1 is 1.12 bits per heavy atom. The van der Waals surface area contributed by atoms with Crippen molar-refractivity contribution in [2.24, 2.45) is 11.3 Å². The number of rotatable bonds is 5. The molecule has 1 saturated heterocycles. The minimum atomic E-state index is -4.25. The molecule has 1 amide bonds. The van der Waals surface area contributed by atoms with Crippen LogP contribution in [0.5, 0.6) is 5.88 Å². The molecule has 2 fully saturated rings. The lowest BCUT2D eigenvalue weighted by Crippen LogP contribution is -2.41. The largest absolute Gasteiger partial charge is 0.477 e. The van der Waals surface area contributed by atoms with E-state index in [4.69, 9.17) is 9.72 Å². The van der Waals surface area contributed by atoms with Crippen molar-refractivity contribution in [1.29, 1.82) is 0 Å². The highest BCUT2D eigenvalue weighted by molar-refractivity contribution is 7.90. The standard InChI is InChI=1S/C27H32F3N7O4S/c1-25(2)16-18-4-3-12-35-13-8-22(33-35)42(39,40)34-24(38)19-5-6-20(31-23(19)36(25)17-18)37-14-7-21(32-37)41-15-11-26(9-10-26)27(28,29)30/h5-8,13-14,18H,3-4,9-12,15-17H2,1-2H3,(H,34,38). The van der Waals surface area contributed by atoms with E-state index < -0.39 is 27.5 Å². The number of carbonyl (C=O) groups excluding carboxylic acids is 1. The molecule has 15 heteroatoms. The molecule has 2 aliphatic heterocycles. The van der Waals surface area contributed by atoms with E-state index in [2.05, 4.69) is 28.8 Å². The summed E-state index contributed by atoms with van der Waals surface area (Å²) in [6, 6.07) is 5.93. The van der Waals surface area contributed by atoms with Crippen LogP contribution in [0.25, 0.3) is 5.82 Å². The van der Waals surface area contributed by atoms with E-state index in [0.717, 1.165) is 19.3 Å². The molecule has 226 valence electrons. The Bertz CT molecular complexity index is 1610. The summed E-state index contributed by atoms with van der Waals surface area (Å²) in [5.41, 5.74) is -1.95. The van der Waals surface area contributed by atoms with Crippen LogP contribution in [-0.4, -0.2) is 63.7 Å². The summed E-state index contributed by atoms with van der Waals surface area (Å²) in [6.07, 6.45) is 1.55. The quantitative estimate of drug-likeness (QED) is 0.460. The van der Waals surface area contributed by atoms with Crippen LogP contribution in [0.15, 0.2) is 41.7 Å². The van der Waals surface area contributed by atoms with Crippen LogP contribution in [0, 0.1) is 11.3 Å². The number of pyridine rings is 1. The smallest absolute Gasteiger partial charge is 0.394 e. The average molecular weight is 608 g/mol. The zero-order valence-corrected chi connectivity index (χ0v) is 24.1. The molecule has 5 heterocycles. The van der Waals surface area contributed by atoms with Gasteiger partial charge in [-0.15, -0.1) is 5.10 Å². The maximum atomic E-state index is 13.4. The van der Waals surface area contributed by atoms with Crippen molar-refractivity contribution in [2.45, 2.75) is 75.7 Å².